The van der Waals surface area contributed by atoms with Crippen LogP contribution in [0.2, 0.25) is 0 Å². The molecule has 0 aliphatic rings. The maximum Gasteiger partial charge on any atom is 0.267 e. The van der Waals surface area contributed by atoms with E-state index in [1.165, 1.54) is 17.4 Å². The summed E-state index contributed by atoms with van der Waals surface area (Å²) in [7, 11) is 0. The predicted octanol–water partition coefficient (Wildman–Crippen LogP) is 3.17. The number of benzene rings is 1. The quantitative estimate of drug-likeness (QED) is 0.577. The number of aromatic nitrogens is 4. The number of nitrogens with one attached hydrogen (secondary N) is 1. The molecule has 0 unspecified atom stereocenters. The van der Waals surface area contributed by atoms with E-state index in [4.69, 9.17) is 0 Å². The van der Waals surface area contributed by atoms with Gasteiger partial charge in [-0.05, 0) is 43.7 Å². The Bertz CT molecular complexity index is 1210. The van der Waals surface area contributed by atoms with Crippen molar-refractivity contribution in [2.45, 2.75) is 20.4 Å². The highest BCUT2D eigenvalue weighted by atomic mass is 32.1. The van der Waals surface area contributed by atoms with E-state index in [2.05, 4.69) is 20.4 Å². The van der Waals surface area contributed by atoms with Gasteiger partial charge in [0, 0.05) is 23.5 Å². The molecule has 0 aliphatic heterocycles. The van der Waals surface area contributed by atoms with E-state index in [0.29, 0.717) is 11.4 Å². The maximum atomic E-state index is 12.5. The molecule has 0 fully saturated rings. The smallest absolute Gasteiger partial charge is 0.267 e. The maximum absolute atomic E-state index is 12.5. The average Bonchev–Trinajstić information content (AvgIpc) is 3.10. The molecule has 0 atom stereocenters. The van der Waals surface area contributed by atoms with E-state index in [-0.39, 0.29) is 18.0 Å². The van der Waals surface area contributed by atoms with E-state index in [0.717, 1.165) is 31.2 Å². The van der Waals surface area contributed by atoms with Gasteiger partial charge in [-0.25, -0.2) is 14.6 Å². The number of carbonyl (C=O) groups excluding carboxylic acids is 1. The second kappa shape index (κ2) is 7.32. The lowest BCUT2D eigenvalue weighted by Gasteiger charge is -2.12. The molecule has 0 radical (unpaired) electrons. The summed E-state index contributed by atoms with van der Waals surface area (Å²) in [5.41, 5.74) is 3.73. The number of thiazole rings is 1. The van der Waals surface area contributed by atoms with Crippen molar-refractivity contribution >= 4 is 33.3 Å². The third-order valence-electron chi connectivity index (χ3n) is 4.30. The molecule has 0 saturated heterocycles. The Morgan fingerprint density at radius 1 is 1.14 bits per heavy atom. The molecule has 3 aromatic heterocycles. The molecule has 7 nitrogen and oxygen atoms in total. The van der Waals surface area contributed by atoms with Gasteiger partial charge in [0.05, 0.1) is 5.69 Å². The number of pyridine rings is 1. The first-order valence-corrected chi connectivity index (χ1v) is 9.49. The third-order valence-corrected chi connectivity index (χ3v) is 5.31. The Kier molecular flexibility index (Phi) is 4.70. The number of carbonyl (C=O) groups is 1. The minimum absolute atomic E-state index is 0.144. The number of nitrogens with zero attached hydrogens (tertiary/aromatic N) is 4. The Balaban J connectivity index is 1.60. The zero-order valence-corrected chi connectivity index (χ0v) is 16.2. The van der Waals surface area contributed by atoms with Gasteiger partial charge in [-0.3, -0.25) is 9.59 Å². The van der Waals surface area contributed by atoms with Crippen LogP contribution >= 0.6 is 11.3 Å². The molecular weight excluding hydrogens is 374 g/mol. The molecule has 0 aliphatic carbocycles. The van der Waals surface area contributed by atoms with Crippen LogP contribution < -0.4 is 10.9 Å². The van der Waals surface area contributed by atoms with E-state index in [1.54, 1.807) is 19.2 Å². The van der Waals surface area contributed by atoms with Gasteiger partial charge in [-0.15, -0.1) is 0 Å². The molecule has 0 spiro atoms. The van der Waals surface area contributed by atoms with Crippen LogP contribution in [0.25, 0.3) is 20.9 Å². The Hall–Kier alpha value is -3.39. The fourth-order valence-electron chi connectivity index (χ4n) is 2.88. The van der Waals surface area contributed by atoms with Crippen molar-refractivity contribution in [3.8, 4) is 10.6 Å². The molecule has 0 saturated carbocycles. The minimum atomic E-state index is -0.314. The van der Waals surface area contributed by atoms with Gasteiger partial charge < -0.3 is 5.32 Å². The molecular formula is C20H17N5O2S. The molecule has 3 heterocycles. The van der Waals surface area contributed by atoms with Crippen molar-refractivity contribution in [3.05, 3.63) is 70.3 Å². The standard InChI is InChI=1S/C20H17N5O2S/c1-12-8-9-18(27)25(24-12)11-17(26)22-15-6-3-5-14(13(15)2)19-23-16-7-4-10-21-20(16)28-19/h3-10H,11H2,1-2H3,(H,22,26). The number of rotatable bonds is 4. The van der Waals surface area contributed by atoms with Gasteiger partial charge >= 0.3 is 0 Å². The lowest BCUT2D eigenvalue weighted by atomic mass is 10.1. The summed E-state index contributed by atoms with van der Waals surface area (Å²) in [5.74, 6) is -0.314. The highest BCUT2D eigenvalue weighted by Gasteiger charge is 2.14. The number of anilines is 1. The van der Waals surface area contributed by atoms with E-state index >= 15 is 0 Å². The van der Waals surface area contributed by atoms with Gasteiger partial charge in [0.15, 0.2) is 0 Å². The van der Waals surface area contributed by atoms with Crippen LogP contribution in [-0.2, 0) is 11.3 Å². The topological polar surface area (TPSA) is 89.8 Å². The molecule has 140 valence electrons. The first kappa shape index (κ1) is 18.0. The number of hydrogen-bond acceptors (Lipinski definition) is 6. The first-order chi connectivity index (χ1) is 13.5. The molecule has 1 N–H and O–H groups in total. The Morgan fingerprint density at radius 3 is 2.82 bits per heavy atom. The van der Waals surface area contributed by atoms with Crippen LogP contribution in [0.15, 0.2) is 53.5 Å². The largest absolute Gasteiger partial charge is 0.324 e. The zero-order chi connectivity index (χ0) is 19.7. The average molecular weight is 391 g/mol. The summed E-state index contributed by atoms with van der Waals surface area (Å²) >= 11 is 1.51. The normalized spacial score (nSPS) is 10.9. The molecule has 1 amide bonds. The van der Waals surface area contributed by atoms with Crippen LogP contribution in [0.1, 0.15) is 11.3 Å². The second-order valence-corrected chi connectivity index (χ2v) is 7.32. The molecule has 4 aromatic rings. The third kappa shape index (κ3) is 3.54. The van der Waals surface area contributed by atoms with Crippen molar-refractivity contribution in [1.29, 1.82) is 0 Å². The van der Waals surface area contributed by atoms with Gasteiger partial charge in [0.1, 0.15) is 21.9 Å². The molecule has 28 heavy (non-hydrogen) atoms. The van der Waals surface area contributed by atoms with Crippen molar-refractivity contribution in [2.75, 3.05) is 5.32 Å². The predicted molar refractivity (Wildman–Crippen MR) is 109 cm³/mol. The summed E-state index contributed by atoms with van der Waals surface area (Å²) in [6.07, 6.45) is 1.75. The van der Waals surface area contributed by atoms with Gasteiger partial charge in [-0.2, -0.15) is 5.10 Å². The van der Waals surface area contributed by atoms with Crippen LogP contribution in [0, 0.1) is 13.8 Å². The Morgan fingerprint density at radius 2 is 2.00 bits per heavy atom. The zero-order valence-electron chi connectivity index (χ0n) is 15.3. The van der Waals surface area contributed by atoms with Gasteiger partial charge in [-0.1, -0.05) is 23.5 Å². The summed E-state index contributed by atoms with van der Waals surface area (Å²) in [6.45, 7) is 3.56. The fraction of sp³-hybridized carbons (Fsp3) is 0.150. The van der Waals surface area contributed by atoms with Crippen molar-refractivity contribution in [2.24, 2.45) is 0 Å². The summed E-state index contributed by atoms with van der Waals surface area (Å²) < 4.78 is 1.16. The minimum Gasteiger partial charge on any atom is -0.324 e. The van der Waals surface area contributed by atoms with Gasteiger partial charge in [0.25, 0.3) is 5.56 Å². The highest BCUT2D eigenvalue weighted by molar-refractivity contribution is 7.21. The fourth-order valence-corrected chi connectivity index (χ4v) is 3.87. The molecule has 0 bridgehead atoms. The number of fused-ring (bicyclic) bond motifs is 1. The Labute approximate surface area is 164 Å². The van der Waals surface area contributed by atoms with Gasteiger partial charge in [0.2, 0.25) is 5.91 Å². The number of aryl methyl sites for hydroxylation is 1. The lowest BCUT2D eigenvalue weighted by molar-refractivity contribution is -0.117. The number of hydrogen-bond donors (Lipinski definition) is 1. The van der Waals surface area contributed by atoms with Crippen molar-refractivity contribution in [3.63, 3.8) is 0 Å². The summed E-state index contributed by atoms with van der Waals surface area (Å²) in [6, 6.07) is 12.5. The SMILES string of the molecule is Cc1ccc(=O)n(CC(=O)Nc2cccc(-c3nc4cccnc4s3)c2C)n1. The lowest BCUT2D eigenvalue weighted by Crippen LogP contribution is -2.29. The monoisotopic (exact) mass is 391 g/mol. The highest BCUT2D eigenvalue weighted by Crippen LogP contribution is 2.33. The number of amides is 1. The second-order valence-electron chi connectivity index (χ2n) is 6.34. The molecule has 4 rings (SSSR count). The summed E-state index contributed by atoms with van der Waals surface area (Å²) in [5, 5.41) is 7.81. The molecule has 8 heteroatoms. The van der Waals surface area contributed by atoms with E-state index < -0.39 is 0 Å². The van der Waals surface area contributed by atoms with Crippen LogP contribution in [-0.4, -0.2) is 25.7 Å². The first-order valence-electron chi connectivity index (χ1n) is 8.67. The van der Waals surface area contributed by atoms with Crippen LogP contribution in [0.4, 0.5) is 5.69 Å². The molecule has 1 aromatic carbocycles. The van der Waals surface area contributed by atoms with Crippen molar-refractivity contribution in [1.82, 2.24) is 19.7 Å². The van der Waals surface area contributed by atoms with Crippen LogP contribution in [0.3, 0.4) is 0 Å². The van der Waals surface area contributed by atoms with E-state index in [9.17, 15) is 9.59 Å². The van der Waals surface area contributed by atoms with Crippen LogP contribution in [0.5, 0.6) is 0 Å². The summed E-state index contributed by atoms with van der Waals surface area (Å²) in [4.78, 5) is 34.2. The van der Waals surface area contributed by atoms with E-state index in [1.807, 2.05) is 37.3 Å². The van der Waals surface area contributed by atoms with Crippen molar-refractivity contribution < 1.29 is 4.79 Å².